The number of para-hydroxylation sites is 1. The maximum Gasteiger partial charge on any atom is 0.146 e. The molecule has 2 nitrogen and oxygen atoms in total. The normalized spacial score (nSPS) is 23.4. The molecule has 1 aliphatic carbocycles. The maximum atomic E-state index is 13.8. The molecule has 1 aromatic carbocycles. The average molecular weight is 263 g/mol. The minimum absolute atomic E-state index is 0.0586. The van der Waals surface area contributed by atoms with Crippen LogP contribution in [0.5, 0.6) is 0 Å². The zero-order chi connectivity index (χ0) is 13.8. The molecule has 2 rings (SSSR count). The summed E-state index contributed by atoms with van der Waals surface area (Å²) in [5.74, 6) is 0.791. The Morgan fingerprint density at radius 3 is 2.79 bits per heavy atom. The minimum Gasteiger partial charge on any atom is -0.369 e. The van der Waals surface area contributed by atoms with E-state index in [-0.39, 0.29) is 11.7 Å². The molecule has 1 aliphatic rings. The van der Waals surface area contributed by atoms with Crippen LogP contribution < -0.4 is 4.90 Å². The van der Waals surface area contributed by atoms with Gasteiger partial charge in [0.15, 0.2) is 0 Å². The fraction of sp³-hybridized carbons (Fsp3) is 0.562. The van der Waals surface area contributed by atoms with Gasteiger partial charge in [-0.2, -0.15) is 0 Å². The summed E-state index contributed by atoms with van der Waals surface area (Å²) in [5.41, 5.74) is 0.607. The van der Waals surface area contributed by atoms with Crippen LogP contribution in [-0.4, -0.2) is 18.9 Å². The zero-order valence-corrected chi connectivity index (χ0v) is 11.7. The minimum atomic E-state index is -0.208. The number of hydrogen-bond acceptors (Lipinski definition) is 2. The highest BCUT2D eigenvalue weighted by molar-refractivity contribution is 5.82. The quantitative estimate of drug-likeness (QED) is 0.826. The Bertz CT molecular complexity index is 446. The van der Waals surface area contributed by atoms with Gasteiger partial charge in [0.2, 0.25) is 0 Å². The van der Waals surface area contributed by atoms with Crippen molar-refractivity contribution in [2.24, 2.45) is 11.8 Å². The molecular weight excluding hydrogens is 241 g/mol. The van der Waals surface area contributed by atoms with E-state index in [0.29, 0.717) is 30.4 Å². The summed E-state index contributed by atoms with van der Waals surface area (Å²) in [5, 5.41) is 0. The lowest BCUT2D eigenvalue weighted by molar-refractivity contribution is -0.125. The van der Waals surface area contributed by atoms with Crippen molar-refractivity contribution in [2.45, 2.75) is 33.1 Å². The van der Waals surface area contributed by atoms with E-state index < -0.39 is 0 Å². The zero-order valence-electron chi connectivity index (χ0n) is 11.7. The Balaban J connectivity index is 2.11. The van der Waals surface area contributed by atoms with Crippen LogP contribution >= 0.6 is 0 Å². The summed E-state index contributed by atoms with van der Waals surface area (Å²) >= 11 is 0. The number of nitrogens with zero attached hydrogens (tertiary/aromatic N) is 1. The van der Waals surface area contributed by atoms with Gasteiger partial charge in [-0.3, -0.25) is 4.79 Å². The van der Waals surface area contributed by atoms with Crippen molar-refractivity contribution < 1.29 is 9.18 Å². The standard InChI is InChI=1S/C16H22FNO/c1-3-18(15-7-5-4-6-14(15)17)11-13-10-12(2)8-9-16(13)19/h4-7,12-13H,3,8-11H2,1-2H3. The number of carbonyl (C=O) groups excluding carboxylic acids is 1. The van der Waals surface area contributed by atoms with Crippen molar-refractivity contribution in [3.63, 3.8) is 0 Å². The van der Waals surface area contributed by atoms with Gasteiger partial charge in [0.1, 0.15) is 11.6 Å². The van der Waals surface area contributed by atoms with E-state index in [1.807, 2.05) is 17.9 Å². The Hall–Kier alpha value is -1.38. The van der Waals surface area contributed by atoms with Crippen molar-refractivity contribution in [3.8, 4) is 0 Å². The van der Waals surface area contributed by atoms with Crippen LogP contribution in [0.2, 0.25) is 0 Å². The van der Waals surface area contributed by atoms with Crippen molar-refractivity contribution in [1.29, 1.82) is 0 Å². The highest BCUT2D eigenvalue weighted by atomic mass is 19.1. The number of rotatable bonds is 4. The summed E-state index contributed by atoms with van der Waals surface area (Å²) in [6.07, 6.45) is 2.62. The van der Waals surface area contributed by atoms with Gasteiger partial charge in [-0.1, -0.05) is 19.1 Å². The summed E-state index contributed by atoms with van der Waals surface area (Å²) in [6.45, 7) is 5.56. The van der Waals surface area contributed by atoms with Crippen LogP contribution in [0.25, 0.3) is 0 Å². The highest BCUT2D eigenvalue weighted by Gasteiger charge is 2.28. The lowest BCUT2D eigenvalue weighted by Gasteiger charge is -2.32. The molecule has 0 spiro atoms. The molecule has 1 saturated carbocycles. The topological polar surface area (TPSA) is 20.3 Å². The maximum absolute atomic E-state index is 13.8. The fourth-order valence-corrected chi connectivity index (χ4v) is 2.88. The van der Waals surface area contributed by atoms with Crippen molar-refractivity contribution >= 4 is 11.5 Å². The smallest absolute Gasteiger partial charge is 0.146 e. The van der Waals surface area contributed by atoms with Gasteiger partial charge < -0.3 is 4.90 Å². The molecule has 104 valence electrons. The third-order valence-corrected chi connectivity index (χ3v) is 4.04. The van der Waals surface area contributed by atoms with E-state index in [0.717, 1.165) is 19.4 Å². The largest absolute Gasteiger partial charge is 0.369 e. The molecule has 0 saturated heterocycles. The molecule has 0 heterocycles. The summed E-state index contributed by atoms with van der Waals surface area (Å²) in [7, 11) is 0. The van der Waals surface area contributed by atoms with Crippen LogP contribution in [0.15, 0.2) is 24.3 Å². The molecule has 0 N–H and O–H groups in total. The third kappa shape index (κ3) is 3.34. The molecule has 19 heavy (non-hydrogen) atoms. The van der Waals surface area contributed by atoms with Gasteiger partial charge in [0.05, 0.1) is 5.69 Å². The average Bonchev–Trinajstić information content (AvgIpc) is 2.41. The first kappa shape index (κ1) is 14.0. The number of ketones is 1. The second-order valence-corrected chi connectivity index (χ2v) is 5.53. The van der Waals surface area contributed by atoms with Gasteiger partial charge in [-0.05, 0) is 37.8 Å². The van der Waals surface area contributed by atoms with E-state index in [9.17, 15) is 9.18 Å². The number of hydrogen-bond donors (Lipinski definition) is 0. The number of carbonyl (C=O) groups is 1. The molecule has 2 atom stereocenters. The van der Waals surface area contributed by atoms with E-state index in [4.69, 9.17) is 0 Å². The van der Waals surface area contributed by atoms with E-state index >= 15 is 0 Å². The molecule has 1 aromatic rings. The van der Waals surface area contributed by atoms with E-state index in [1.54, 1.807) is 12.1 Å². The molecule has 2 unspecified atom stereocenters. The first-order valence-electron chi connectivity index (χ1n) is 7.14. The molecule has 0 amide bonds. The number of Topliss-reactive ketones (excluding diaryl/α,β-unsaturated/α-hetero) is 1. The number of benzene rings is 1. The number of halogens is 1. The second kappa shape index (κ2) is 6.18. The van der Waals surface area contributed by atoms with Crippen LogP contribution in [0.1, 0.15) is 33.1 Å². The second-order valence-electron chi connectivity index (χ2n) is 5.53. The van der Waals surface area contributed by atoms with Crippen LogP contribution in [0.3, 0.4) is 0 Å². The van der Waals surface area contributed by atoms with Crippen molar-refractivity contribution in [2.75, 3.05) is 18.0 Å². The first-order valence-corrected chi connectivity index (χ1v) is 7.14. The first-order chi connectivity index (χ1) is 9.11. The third-order valence-electron chi connectivity index (χ3n) is 4.04. The number of anilines is 1. The molecular formula is C16H22FNO. The lowest BCUT2D eigenvalue weighted by atomic mass is 9.81. The van der Waals surface area contributed by atoms with Gasteiger partial charge in [-0.25, -0.2) is 4.39 Å². The predicted octanol–water partition coefficient (Wildman–Crippen LogP) is 3.66. The molecule has 1 fully saturated rings. The van der Waals surface area contributed by atoms with Crippen LogP contribution in [0.4, 0.5) is 10.1 Å². The van der Waals surface area contributed by atoms with E-state index in [1.165, 1.54) is 6.07 Å². The van der Waals surface area contributed by atoms with E-state index in [2.05, 4.69) is 6.92 Å². The van der Waals surface area contributed by atoms with Crippen molar-refractivity contribution in [3.05, 3.63) is 30.1 Å². The fourth-order valence-electron chi connectivity index (χ4n) is 2.88. The molecule has 0 radical (unpaired) electrons. The molecule has 3 heteroatoms. The Morgan fingerprint density at radius 1 is 1.37 bits per heavy atom. The Kier molecular flexibility index (Phi) is 4.56. The highest BCUT2D eigenvalue weighted by Crippen LogP contribution is 2.28. The van der Waals surface area contributed by atoms with Gasteiger partial charge in [-0.15, -0.1) is 0 Å². The van der Waals surface area contributed by atoms with Gasteiger partial charge >= 0.3 is 0 Å². The predicted molar refractivity (Wildman–Crippen MR) is 75.8 cm³/mol. The summed E-state index contributed by atoms with van der Waals surface area (Å²) in [6, 6.07) is 6.80. The molecule has 0 aliphatic heterocycles. The van der Waals surface area contributed by atoms with Crippen LogP contribution in [0, 0.1) is 17.7 Å². The Morgan fingerprint density at radius 2 is 2.11 bits per heavy atom. The molecule has 0 bridgehead atoms. The summed E-state index contributed by atoms with van der Waals surface area (Å²) < 4.78 is 13.8. The van der Waals surface area contributed by atoms with Gasteiger partial charge in [0, 0.05) is 25.4 Å². The molecule has 0 aromatic heterocycles. The Labute approximate surface area is 114 Å². The van der Waals surface area contributed by atoms with Gasteiger partial charge in [0.25, 0.3) is 0 Å². The van der Waals surface area contributed by atoms with Crippen molar-refractivity contribution in [1.82, 2.24) is 0 Å². The monoisotopic (exact) mass is 263 g/mol. The van der Waals surface area contributed by atoms with Crippen LogP contribution in [-0.2, 0) is 4.79 Å². The SMILES string of the molecule is CCN(CC1CC(C)CCC1=O)c1ccccc1F. The summed E-state index contributed by atoms with van der Waals surface area (Å²) in [4.78, 5) is 14.0. The lowest BCUT2D eigenvalue weighted by Crippen LogP contribution is -2.36.